The molecule has 1 aromatic carbocycles. The van der Waals surface area contributed by atoms with E-state index in [1.807, 2.05) is 29.9 Å². The molecule has 1 aliphatic rings. The van der Waals surface area contributed by atoms with Gasteiger partial charge < -0.3 is 14.8 Å². The fourth-order valence-corrected chi connectivity index (χ4v) is 3.28. The summed E-state index contributed by atoms with van der Waals surface area (Å²) in [5.74, 6) is 1.25. The summed E-state index contributed by atoms with van der Waals surface area (Å²) >= 11 is 0. The highest BCUT2D eigenvalue weighted by molar-refractivity contribution is 5.27. The highest BCUT2D eigenvalue weighted by Crippen LogP contribution is 2.29. The van der Waals surface area contributed by atoms with Crippen molar-refractivity contribution in [3.8, 4) is 5.75 Å². The van der Waals surface area contributed by atoms with Crippen LogP contribution in [0, 0.1) is 5.92 Å². The van der Waals surface area contributed by atoms with Gasteiger partial charge in [0.1, 0.15) is 17.7 Å². The van der Waals surface area contributed by atoms with Crippen molar-refractivity contribution in [2.75, 3.05) is 13.1 Å². The number of benzene rings is 1. The van der Waals surface area contributed by atoms with Gasteiger partial charge in [0.15, 0.2) is 0 Å². The predicted octanol–water partition coefficient (Wildman–Crippen LogP) is 2.07. The molecule has 0 spiro atoms. The third-order valence-corrected chi connectivity index (χ3v) is 4.43. The van der Waals surface area contributed by atoms with E-state index < -0.39 is 6.10 Å². The minimum absolute atomic E-state index is 0.201. The number of aliphatic hydroxyl groups is 1. The number of aliphatic hydroxyl groups excluding tert-OH is 1. The SMILES string of the molecule is Cn1ccnc1C(O)C1CCCN(Cc2cccc(O)c2)C1. The van der Waals surface area contributed by atoms with Gasteiger partial charge in [-0.05, 0) is 37.1 Å². The quantitative estimate of drug-likeness (QED) is 0.907. The Morgan fingerprint density at radius 3 is 3.00 bits per heavy atom. The molecule has 0 radical (unpaired) electrons. The second kappa shape index (κ2) is 6.50. The molecule has 2 atom stereocenters. The van der Waals surface area contributed by atoms with Crippen molar-refractivity contribution in [3.63, 3.8) is 0 Å². The standard InChI is InChI=1S/C17H23N3O2/c1-19-9-7-18-17(19)16(22)14-5-3-8-20(12-14)11-13-4-2-6-15(21)10-13/h2,4,6-7,9-10,14,16,21-22H,3,5,8,11-12H2,1H3. The summed E-state index contributed by atoms with van der Waals surface area (Å²) in [5, 5.41) is 20.2. The summed E-state index contributed by atoms with van der Waals surface area (Å²) in [6.45, 7) is 2.68. The van der Waals surface area contributed by atoms with Crippen molar-refractivity contribution >= 4 is 0 Å². The first-order valence-electron chi connectivity index (χ1n) is 7.79. The van der Waals surface area contributed by atoms with E-state index >= 15 is 0 Å². The van der Waals surface area contributed by atoms with Gasteiger partial charge in [0, 0.05) is 38.4 Å². The van der Waals surface area contributed by atoms with Crippen LogP contribution in [0.15, 0.2) is 36.7 Å². The van der Waals surface area contributed by atoms with Crippen LogP contribution in [0.1, 0.15) is 30.3 Å². The fraction of sp³-hybridized carbons (Fsp3) is 0.471. The van der Waals surface area contributed by atoms with Gasteiger partial charge in [-0.3, -0.25) is 4.90 Å². The van der Waals surface area contributed by atoms with Gasteiger partial charge in [0.25, 0.3) is 0 Å². The molecule has 3 rings (SSSR count). The molecule has 5 nitrogen and oxygen atoms in total. The van der Waals surface area contributed by atoms with Crippen LogP contribution in [0.3, 0.4) is 0 Å². The zero-order chi connectivity index (χ0) is 15.5. The lowest BCUT2D eigenvalue weighted by Crippen LogP contribution is -2.37. The summed E-state index contributed by atoms with van der Waals surface area (Å²) in [5.41, 5.74) is 1.10. The van der Waals surface area contributed by atoms with Crippen LogP contribution in [-0.2, 0) is 13.6 Å². The maximum absolute atomic E-state index is 10.6. The molecule has 118 valence electrons. The van der Waals surface area contributed by atoms with Gasteiger partial charge in [-0.15, -0.1) is 0 Å². The minimum Gasteiger partial charge on any atom is -0.508 e. The fourth-order valence-electron chi connectivity index (χ4n) is 3.28. The molecular formula is C17H23N3O2. The number of likely N-dealkylation sites (tertiary alicyclic amines) is 1. The van der Waals surface area contributed by atoms with Crippen LogP contribution in [0.4, 0.5) is 0 Å². The molecule has 0 saturated carbocycles. The number of piperidine rings is 1. The van der Waals surface area contributed by atoms with Crippen molar-refractivity contribution in [3.05, 3.63) is 48.0 Å². The van der Waals surface area contributed by atoms with Crippen LogP contribution >= 0.6 is 0 Å². The van der Waals surface area contributed by atoms with E-state index in [4.69, 9.17) is 0 Å². The van der Waals surface area contributed by atoms with Crippen molar-refractivity contribution in [1.82, 2.24) is 14.5 Å². The minimum atomic E-state index is -0.521. The first kappa shape index (κ1) is 15.1. The zero-order valence-electron chi connectivity index (χ0n) is 12.9. The molecule has 5 heteroatoms. The highest BCUT2D eigenvalue weighted by Gasteiger charge is 2.29. The molecule has 2 N–H and O–H groups in total. The number of hydrogen-bond acceptors (Lipinski definition) is 4. The normalized spacial score (nSPS) is 20.9. The largest absolute Gasteiger partial charge is 0.508 e. The van der Waals surface area contributed by atoms with E-state index in [-0.39, 0.29) is 5.92 Å². The number of aryl methyl sites for hydroxylation is 1. The number of phenolic OH excluding ortho intramolecular Hbond substituents is 1. The number of aromatic nitrogens is 2. The molecule has 2 unspecified atom stereocenters. The highest BCUT2D eigenvalue weighted by atomic mass is 16.3. The van der Waals surface area contributed by atoms with Crippen molar-refractivity contribution in [1.29, 1.82) is 0 Å². The molecule has 0 bridgehead atoms. The molecule has 1 fully saturated rings. The van der Waals surface area contributed by atoms with E-state index in [2.05, 4.69) is 9.88 Å². The lowest BCUT2D eigenvalue weighted by molar-refractivity contribution is 0.0404. The molecule has 22 heavy (non-hydrogen) atoms. The molecule has 0 amide bonds. The van der Waals surface area contributed by atoms with E-state index in [9.17, 15) is 10.2 Å². The van der Waals surface area contributed by atoms with Gasteiger partial charge in [0.2, 0.25) is 0 Å². The Labute approximate surface area is 130 Å². The summed E-state index contributed by atoms with van der Waals surface area (Å²) in [6.07, 6.45) is 5.17. The zero-order valence-corrected chi connectivity index (χ0v) is 12.9. The van der Waals surface area contributed by atoms with E-state index in [1.165, 1.54) is 0 Å². The van der Waals surface area contributed by atoms with E-state index in [0.717, 1.165) is 43.9 Å². The summed E-state index contributed by atoms with van der Waals surface area (Å²) in [4.78, 5) is 6.62. The van der Waals surface area contributed by atoms with Crippen LogP contribution in [0.25, 0.3) is 0 Å². The molecule has 0 aliphatic carbocycles. The maximum atomic E-state index is 10.6. The number of aromatic hydroxyl groups is 1. The first-order valence-corrected chi connectivity index (χ1v) is 7.79. The lowest BCUT2D eigenvalue weighted by Gasteiger charge is -2.34. The molecular weight excluding hydrogens is 278 g/mol. The van der Waals surface area contributed by atoms with Crippen molar-refractivity contribution in [2.24, 2.45) is 13.0 Å². The second-order valence-electron chi connectivity index (χ2n) is 6.15. The summed E-state index contributed by atoms with van der Waals surface area (Å²) in [6, 6.07) is 7.39. The third-order valence-electron chi connectivity index (χ3n) is 4.43. The number of rotatable bonds is 4. The summed E-state index contributed by atoms with van der Waals surface area (Å²) in [7, 11) is 1.92. The number of imidazole rings is 1. The second-order valence-corrected chi connectivity index (χ2v) is 6.15. The number of phenols is 1. The molecule has 1 saturated heterocycles. The lowest BCUT2D eigenvalue weighted by atomic mass is 9.91. The Bertz CT molecular complexity index is 626. The average Bonchev–Trinajstić information content (AvgIpc) is 2.93. The van der Waals surface area contributed by atoms with Gasteiger partial charge in [-0.25, -0.2) is 4.98 Å². The molecule has 1 aliphatic heterocycles. The van der Waals surface area contributed by atoms with Crippen LogP contribution in [0.2, 0.25) is 0 Å². The monoisotopic (exact) mass is 301 g/mol. The maximum Gasteiger partial charge on any atom is 0.137 e. The summed E-state index contributed by atoms with van der Waals surface area (Å²) < 4.78 is 1.89. The van der Waals surface area contributed by atoms with Gasteiger partial charge in [-0.1, -0.05) is 12.1 Å². The van der Waals surface area contributed by atoms with Crippen molar-refractivity contribution in [2.45, 2.75) is 25.5 Å². The average molecular weight is 301 g/mol. The first-order chi connectivity index (χ1) is 10.6. The number of nitrogens with zero attached hydrogens (tertiary/aromatic N) is 3. The van der Waals surface area contributed by atoms with Crippen LogP contribution in [0.5, 0.6) is 5.75 Å². The van der Waals surface area contributed by atoms with Gasteiger partial charge in [-0.2, -0.15) is 0 Å². The third kappa shape index (κ3) is 3.31. The topological polar surface area (TPSA) is 61.5 Å². The van der Waals surface area contributed by atoms with Crippen molar-refractivity contribution < 1.29 is 10.2 Å². The molecule has 2 aromatic rings. The Kier molecular flexibility index (Phi) is 4.45. The Hall–Kier alpha value is -1.85. The van der Waals surface area contributed by atoms with Gasteiger partial charge in [0.05, 0.1) is 0 Å². The van der Waals surface area contributed by atoms with Crippen LogP contribution in [-0.4, -0.2) is 37.8 Å². The van der Waals surface area contributed by atoms with E-state index in [0.29, 0.717) is 5.75 Å². The number of hydrogen-bond donors (Lipinski definition) is 2. The molecule has 2 heterocycles. The Balaban J connectivity index is 1.65. The predicted molar refractivity (Wildman–Crippen MR) is 84.3 cm³/mol. The Morgan fingerprint density at radius 2 is 2.27 bits per heavy atom. The van der Waals surface area contributed by atoms with Gasteiger partial charge >= 0.3 is 0 Å². The smallest absolute Gasteiger partial charge is 0.137 e. The Morgan fingerprint density at radius 1 is 1.41 bits per heavy atom. The van der Waals surface area contributed by atoms with E-state index in [1.54, 1.807) is 18.3 Å². The van der Waals surface area contributed by atoms with Crippen LogP contribution < -0.4 is 0 Å². The molecule has 1 aromatic heterocycles.